The summed E-state index contributed by atoms with van der Waals surface area (Å²) < 4.78 is 2.05. The molecule has 98 valence electrons. The second-order valence-corrected chi connectivity index (χ2v) is 6.33. The normalized spacial score (nSPS) is 13.2. The van der Waals surface area contributed by atoms with Crippen LogP contribution in [-0.4, -0.2) is 19.6 Å². The first-order valence-corrected chi connectivity index (χ1v) is 7.55. The van der Waals surface area contributed by atoms with E-state index < -0.39 is 0 Å². The van der Waals surface area contributed by atoms with Crippen molar-refractivity contribution in [3.63, 3.8) is 0 Å². The van der Waals surface area contributed by atoms with E-state index in [2.05, 4.69) is 46.8 Å². The number of aromatic nitrogens is 3. The fourth-order valence-corrected chi connectivity index (χ4v) is 2.70. The summed E-state index contributed by atoms with van der Waals surface area (Å²) in [6.45, 7) is 7.62. The van der Waals surface area contributed by atoms with Crippen molar-refractivity contribution in [3.8, 4) is 0 Å². The molecule has 0 aliphatic carbocycles. The van der Waals surface area contributed by atoms with Gasteiger partial charge in [0, 0.05) is 17.8 Å². The standard InChI is InChI=1S/C13H24BrN3/c1-4-6-12(14)7-5-8-13-15-10-16-17(13)9-11(2)3/h10-12H,4-9H2,1-3H3. The summed E-state index contributed by atoms with van der Waals surface area (Å²) in [7, 11) is 0. The van der Waals surface area contributed by atoms with Crippen molar-refractivity contribution < 1.29 is 0 Å². The summed E-state index contributed by atoms with van der Waals surface area (Å²) in [6, 6.07) is 0. The van der Waals surface area contributed by atoms with E-state index in [1.807, 2.05) is 4.68 Å². The molecule has 0 aliphatic rings. The lowest BCUT2D eigenvalue weighted by atomic mass is 10.1. The average molecular weight is 302 g/mol. The third kappa shape index (κ3) is 5.66. The van der Waals surface area contributed by atoms with E-state index in [4.69, 9.17) is 0 Å². The monoisotopic (exact) mass is 301 g/mol. The van der Waals surface area contributed by atoms with Crippen LogP contribution in [0.1, 0.15) is 52.3 Å². The smallest absolute Gasteiger partial charge is 0.138 e. The maximum absolute atomic E-state index is 4.35. The maximum atomic E-state index is 4.35. The number of hydrogen-bond acceptors (Lipinski definition) is 2. The second kappa shape index (κ2) is 7.85. The van der Waals surface area contributed by atoms with Gasteiger partial charge in [0.25, 0.3) is 0 Å². The lowest BCUT2D eigenvalue weighted by molar-refractivity contribution is 0.462. The summed E-state index contributed by atoms with van der Waals surface area (Å²) in [5, 5.41) is 4.28. The molecule has 0 radical (unpaired) electrons. The molecule has 0 amide bonds. The third-order valence-corrected chi connectivity index (χ3v) is 3.67. The lowest BCUT2D eigenvalue weighted by Gasteiger charge is -2.10. The molecule has 3 nitrogen and oxygen atoms in total. The minimum absolute atomic E-state index is 0.625. The Hall–Kier alpha value is -0.380. The van der Waals surface area contributed by atoms with Crippen LogP contribution in [0.15, 0.2) is 6.33 Å². The minimum atomic E-state index is 0.625. The van der Waals surface area contributed by atoms with E-state index in [1.165, 1.54) is 25.7 Å². The number of nitrogens with zero attached hydrogens (tertiary/aromatic N) is 3. The Morgan fingerprint density at radius 1 is 1.35 bits per heavy atom. The Balaban J connectivity index is 2.33. The molecule has 0 bridgehead atoms. The van der Waals surface area contributed by atoms with E-state index in [-0.39, 0.29) is 0 Å². The van der Waals surface area contributed by atoms with Gasteiger partial charge < -0.3 is 0 Å². The quantitative estimate of drug-likeness (QED) is 0.683. The molecular formula is C13H24BrN3. The van der Waals surface area contributed by atoms with E-state index in [1.54, 1.807) is 6.33 Å². The van der Waals surface area contributed by atoms with Crippen molar-refractivity contribution >= 4 is 15.9 Å². The van der Waals surface area contributed by atoms with Gasteiger partial charge in [-0.05, 0) is 25.2 Å². The molecule has 1 heterocycles. The van der Waals surface area contributed by atoms with Gasteiger partial charge in [0.1, 0.15) is 12.2 Å². The SMILES string of the molecule is CCCC(Br)CCCc1ncnn1CC(C)C. The zero-order valence-electron chi connectivity index (χ0n) is 11.2. The molecule has 0 saturated carbocycles. The Labute approximate surface area is 113 Å². The van der Waals surface area contributed by atoms with Gasteiger partial charge >= 0.3 is 0 Å². The van der Waals surface area contributed by atoms with Crippen molar-refractivity contribution in [1.82, 2.24) is 14.8 Å². The van der Waals surface area contributed by atoms with E-state index in [9.17, 15) is 0 Å². The lowest BCUT2D eigenvalue weighted by Crippen LogP contribution is -2.11. The van der Waals surface area contributed by atoms with Crippen LogP contribution in [0, 0.1) is 5.92 Å². The van der Waals surface area contributed by atoms with Gasteiger partial charge in [0.2, 0.25) is 0 Å². The van der Waals surface area contributed by atoms with Crippen LogP contribution in [0.5, 0.6) is 0 Å². The molecule has 0 fully saturated rings. The van der Waals surface area contributed by atoms with E-state index >= 15 is 0 Å². The number of halogens is 1. The average Bonchev–Trinajstić information content (AvgIpc) is 2.65. The Morgan fingerprint density at radius 3 is 2.76 bits per heavy atom. The molecule has 1 atom stereocenters. The first-order valence-electron chi connectivity index (χ1n) is 6.64. The van der Waals surface area contributed by atoms with Crippen molar-refractivity contribution in [1.29, 1.82) is 0 Å². The molecule has 0 saturated heterocycles. The van der Waals surface area contributed by atoms with Gasteiger partial charge in [-0.3, -0.25) is 0 Å². The first kappa shape index (κ1) is 14.7. The molecule has 1 unspecified atom stereocenters. The minimum Gasteiger partial charge on any atom is -0.250 e. The summed E-state index contributed by atoms with van der Waals surface area (Å²) in [5.41, 5.74) is 0. The third-order valence-electron chi connectivity index (χ3n) is 2.75. The van der Waals surface area contributed by atoms with Gasteiger partial charge in [0.05, 0.1) is 0 Å². The van der Waals surface area contributed by atoms with Gasteiger partial charge in [-0.15, -0.1) is 0 Å². The predicted octanol–water partition coefficient (Wildman–Crippen LogP) is 3.82. The van der Waals surface area contributed by atoms with Crippen LogP contribution in [0.25, 0.3) is 0 Å². The predicted molar refractivity (Wildman–Crippen MR) is 75.4 cm³/mol. The number of hydrogen-bond donors (Lipinski definition) is 0. The summed E-state index contributed by atoms with van der Waals surface area (Å²) in [4.78, 5) is 5.01. The molecule has 1 aromatic heterocycles. The largest absolute Gasteiger partial charge is 0.250 e. The molecule has 0 aromatic carbocycles. The first-order chi connectivity index (χ1) is 8.13. The van der Waals surface area contributed by atoms with Gasteiger partial charge in [0.15, 0.2) is 0 Å². The molecule has 4 heteroatoms. The fraction of sp³-hybridized carbons (Fsp3) is 0.846. The van der Waals surface area contributed by atoms with Crippen LogP contribution < -0.4 is 0 Å². The Kier molecular flexibility index (Phi) is 6.78. The summed E-state index contributed by atoms with van der Waals surface area (Å²) >= 11 is 3.72. The zero-order valence-corrected chi connectivity index (χ0v) is 12.8. The van der Waals surface area contributed by atoms with Crippen LogP contribution in [0.2, 0.25) is 0 Å². The molecule has 1 aromatic rings. The van der Waals surface area contributed by atoms with Crippen LogP contribution in [-0.2, 0) is 13.0 Å². The topological polar surface area (TPSA) is 30.7 Å². The van der Waals surface area contributed by atoms with Gasteiger partial charge in [-0.25, -0.2) is 9.67 Å². The zero-order chi connectivity index (χ0) is 12.7. The van der Waals surface area contributed by atoms with Crippen LogP contribution >= 0.6 is 15.9 Å². The molecular weight excluding hydrogens is 278 g/mol. The highest BCUT2D eigenvalue weighted by Crippen LogP contribution is 2.15. The highest BCUT2D eigenvalue weighted by atomic mass is 79.9. The van der Waals surface area contributed by atoms with E-state index in [0.717, 1.165) is 18.8 Å². The molecule has 0 spiro atoms. The fourth-order valence-electron chi connectivity index (χ4n) is 1.92. The summed E-state index contributed by atoms with van der Waals surface area (Å²) in [5.74, 6) is 1.76. The maximum Gasteiger partial charge on any atom is 0.138 e. The van der Waals surface area contributed by atoms with Crippen molar-refractivity contribution in [2.45, 2.75) is 64.2 Å². The van der Waals surface area contributed by atoms with Gasteiger partial charge in [-0.2, -0.15) is 5.10 Å². The molecule has 0 N–H and O–H groups in total. The van der Waals surface area contributed by atoms with Gasteiger partial charge in [-0.1, -0.05) is 43.1 Å². The van der Waals surface area contributed by atoms with Crippen molar-refractivity contribution in [2.75, 3.05) is 0 Å². The van der Waals surface area contributed by atoms with Crippen molar-refractivity contribution in [3.05, 3.63) is 12.2 Å². The Bertz CT molecular complexity index is 309. The highest BCUT2D eigenvalue weighted by Gasteiger charge is 2.08. The second-order valence-electron chi connectivity index (χ2n) is 5.03. The molecule has 0 aliphatic heterocycles. The Morgan fingerprint density at radius 2 is 2.12 bits per heavy atom. The van der Waals surface area contributed by atoms with E-state index in [0.29, 0.717) is 10.7 Å². The number of aryl methyl sites for hydroxylation is 1. The van der Waals surface area contributed by atoms with Crippen LogP contribution in [0.3, 0.4) is 0 Å². The van der Waals surface area contributed by atoms with Crippen molar-refractivity contribution in [2.24, 2.45) is 5.92 Å². The molecule has 17 heavy (non-hydrogen) atoms. The highest BCUT2D eigenvalue weighted by molar-refractivity contribution is 9.09. The number of rotatable bonds is 8. The molecule has 1 rings (SSSR count). The van der Waals surface area contributed by atoms with Crippen LogP contribution in [0.4, 0.5) is 0 Å². The number of alkyl halides is 1. The summed E-state index contributed by atoms with van der Waals surface area (Å²) in [6.07, 6.45) is 7.64.